The molecule has 0 amide bonds. The summed E-state index contributed by atoms with van der Waals surface area (Å²) < 4.78 is 0. The van der Waals surface area contributed by atoms with Crippen LogP contribution in [0.5, 0.6) is 0 Å². The zero-order valence-electron chi connectivity index (χ0n) is 7.11. The number of likely N-dealkylation sites (N-methyl/N-ethyl adjacent to an activating group) is 1. The molecule has 0 radical (unpaired) electrons. The fourth-order valence-electron chi connectivity index (χ4n) is 0.979. The number of rotatable bonds is 5. The summed E-state index contributed by atoms with van der Waals surface area (Å²) in [5, 5.41) is 3.13. The molecule has 1 N–H and O–H groups in total. The molecule has 2 nitrogen and oxygen atoms in total. The lowest BCUT2D eigenvalue weighted by molar-refractivity contribution is -0.120. The Hall–Kier alpha value is -0.370. The highest BCUT2D eigenvalue weighted by Crippen LogP contribution is 1.95. The molecule has 0 bridgehead atoms. The van der Waals surface area contributed by atoms with Gasteiger partial charge in [-0.25, -0.2) is 0 Å². The van der Waals surface area contributed by atoms with E-state index in [2.05, 4.69) is 5.32 Å². The molecule has 0 unspecified atom stereocenters. The number of hydrogen-bond donors (Lipinski definition) is 1. The predicted molar refractivity (Wildman–Crippen MR) is 43.1 cm³/mol. The zero-order valence-corrected chi connectivity index (χ0v) is 7.11. The SMILES string of the molecule is CCN[C@@H](CC)C(=O)CC. The monoisotopic (exact) mass is 143 g/mol. The molecule has 10 heavy (non-hydrogen) atoms. The van der Waals surface area contributed by atoms with Gasteiger partial charge in [-0.2, -0.15) is 0 Å². The van der Waals surface area contributed by atoms with E-state index in [0.717, 1.165) is 13.0 Å². The largest absolute Gasteiger partial charge is 0.308 e. The van der Waals surface area contributed by atoms with Crippen LogP contribution < -0.4 is 5.32 Å². The summed E-state index contributed by atoms with van der Waals surface area (Å²) >= 11 is 0. The first kappa shape index (κ1) is 9.63. The molecule has 0 aromatic rings. The van der Waals surface area contributed by atoms with Crippen LogP contribution in [-0.4, -0.2) is 18.4 Å². The molecule has 0 aliphatic heterocycles. The molecule has 2 heteroatoms. The van der Waals surface area contributed by atoms with Crippen molar-refractivity contribution < 1.29 is 4.79 Å². The van der Waals surface area contributed by atoms with E-state index >= 15 is 0 Å². The second kappa shape index (κ2) is 5.42. The summed E-state index contributed by atoms with van der Waals surface area (Å²) in [6.45, 7) is 6.83. The van der Waals surface area contributed by atoms with Crippen LogP contribution in [0.1, 0.15) is 33.6 Å². The number of carbonyl (C=O) groups is 1. The van der Waals surface area contributed by atoms with Crippen LogP contribution in [-0.2, 0) is 4.79 Å². The van der Waals surface area contributed by atoms with Gasteiger partial charge in [0.15, 0.2) is 0 Å². The Morgan fingerprint density at radius 1 is 1.40 bits per heavy atom. The van der Waals surface area contributed by atoms with E-state index in [0.29, 0.717) is 12.2 Å². The van der Waals surface area contributed by atoms with Crippen LogP contribution in [0, 0.1) is 0 Å². The van der Waals surface area contributed by atoms with Gasteiger partial charge < -0.3 is 5.32 Å². The molecule has 60 valence electrons. The Morgan fingerprint density at radius 2 is 2.00 bits per heavy atom. The molecule has 0 saturated carbocycles. The molecule has 0 aliphatic carbocycles. The minimum atomic E-state index is 0.0926. The van der Waals surface area contributed by atoms with Gasteiger partial charge in [-0.15, -0.1) is 0 Å². The zero-order chi connectivity index (χ0) is 7.98. The van der Waals surface area contributed by atoms with E-state index in [4.69, 9.17) is 0 Å². The minimum Gasteiger partial charge on any atom is -0.308 e. The third-order valence-corrected chi connectivity index (χ3v) is 1.60. The third kappa shape index (κ3) is 2.97. The van der Waals surface area contributed by atoms with Crippen LogP contribution in [0.4, 0.5) is 0 Å². The van der Waals surface area contributed by atoms with Crippen molar-refractivity contribution in [2.45, 2.75) is 39.7 Å². The highest BCUT2D eigenvalue weighted by atomic mass is 16.1. The summed E-state index contributed by atoms with van der Waals surface area (Å²) in [6, 6.07) is 0.0926. The molecule has 0 heterocycles. The summed E-state index contributed by atoms with van der Waals surface area (Å²) in [7, 11) is 0. The van der Waals surface area contributed by atoms with Gasteiger partial charge in [0.05, 0.1) is 6.04 Å². The molecule has 0 rings (SSSR count). The fourth-order valence-corrected chi connectivity index (χ4v) is 0.979. The van der Waals surface area contributed by atoms with Crippen molar-refractivity contribution in [2.75, 3.05) is 6.54 Å². The molecule has 0 aromatic carbocycles. The Bertz CT molecular complexity index is 101. The normalized spacial score (nSPS) is 13.1. The smallest absolute Gasteiger partial charge is 0.149 e. The Morgan fingerprint density at radius 3 is 2.30 bits per heavy atom. The van der Waals surface area contributed by atoms with Gasteiger partial charge in [-0.3, -0.25) is 4.79 Å². The Balaban J connectivity index is 3.68. The number of ketones is 1. The average Bonchev–Trinajstić information content (AvgIpc) is 1.99. The van der Waals surface area contributed by atoms with Crippen molar-refractivity contribution in [3.8, 4) is 0 Å². The van der Waals surface area contributed by atoms with Gasteiger partial charge in [0.25, 0.3) is 0 Å². The van der Waals surface area contributed by atoms with Crippen molar-refractivity contribution in [1.29, 1.82) is 0 Å². The second-order valence-electron chi connectivity index (χ2n) is 2.34. The van der Waals surface area contributed by atoms with E-state index in [1.807, 2.05) is 20.8 Å². The lowest BCUT2D eigenvalue weighted by Crippen LogP contribution is -2.35. The highest BCUT2D eigenvalue weighted by molar-refractivity contribution is 5.83. The van der Waals surface area contributed by atoms with Crippen LogP contribution in [0.2, 0.25) is 0 Å². The average molecular weight is 143 g/mol. The summed E-state index contributed by atoms with van der Waals surface area (Å²) in [5.41, 5.74) is 0. The minimum absolute atomic E-state index is 0.0926. The van der Waals surface area contributed by atoms with Crippen molar-refractivity contribution in [2.24, 2.45) is 0 Å². The Kier molecular flexibility index (Phi) is 5.22. The predicted octanol–water partition coefficient (Wildman–Crippen LogP) is 1.35. The van der Waals surface area contributed by atoms with E-state index in [1.54, 1.807) is 0 Å². The van der Waals surface area contributed by atoms with Crippen molar-refractivity contribution >= 4 is 5.78 Å². The summed E-state index contributed by atoms with van der Waals surface area (Å²) in [6.07, 6.45) is 1.55. The molecule has 0 saturated heterocycles. The lowest BCUT2D eigenvalue weighted by atomic mass is 10.1. The maximum absolute atomic E-state index is 11.1. The van der Waals surface area contributed by atoms with Crippen molar-refractivity contribution in [3.63, 3.8) is 0 Å². The molecule has 0 spiro atoms. The van der Waals surface area contributed by atoms with Gasteiger partial charge in [0, 0.05) is 6.42 Å². The van der Waals surface area contributed by atoms with Crippen molar-refractivity contribution in [3.05, 3.63) is 0 Å². The van der Waals surface area contributed by atoms with Crippen molar-refractivity contribution in [1.82, 2.24) is 5.32 Å². The van der Waals surface area contributed by atoms with E-state index < -0.39 is 0 Å². The molecular weight excluding hydrogens is 126 g/mol. The third-order valence-electron chi connectivity index (χ3n) is 1.60. The summed E-state index contributed by atoms with van der Waals surface area (Å²) in [5.74, 6) is 0.323. The molecule has 0 aliphatic rings. The maximum Gasteiger partial charge on any atom is 0.149 e. The van der Waals surface area contributed by atoms with Crippen LogP contribution in [0.25, 0.3) is 0 Å². The first-order valence-electron chi connectivity index (χ1n) is 4.02. The first-order valence-corrected chi connectivity index (χ1v) is 4.02. The van der Waals surface area contributed by atoms with E-state index in [-0.39, 0.29) is 6.04 Å². The standard InChI is InChI=1S/C8H17NO/c1-4-7(9-6-3)8(10)5-2/h7,9H,4-6H2,1-3H3/t7-/m0/s1. The van der Waals surface area contributed by atoms with Crippen LogP contribution >= 0.6 is 0 Å². The van der Waals surface area contributed by atoms with Crippen LogP contribution in [0.15, 0.2) is 0 Å². The summed E-state index contributed by atoms with van der Waals surface area (Å²) in [4.78, 5) is 11.1. The second-order valence-corrected chi connectivity index (χ2v) is 2.34. The molecule has 1 atom stereocenters. The van der Waals surface area contributed by atoms with Gasteiger partial charge in [-0.05, 0) is 13.0 Å². The molecule has 0 fully saturated rings. The topological polar surface area (TPSA) is 29.1 Å². The lowest BCUT2D eigenvalue weighted by Gasteiger charge is -2.12. The number of nitrogens with one attached hydrogen (secondary N) is 1. The Labute approximate surface area is 63.0 Å². The number of carbonyl (C=O) groups excluding carboxylic acids is 1. The molecular formula is C8H17NO. The van der Waals surface area contributed by atoms with E-state index in [9.17, 15) is 4.79 Å². The fraction of sp³-hybridized carbons (Fsp3) is 0.875. The van der Waals surface area contributed by atoms with Gasteiger partial charge in [0.1, 0.15) is 5.78 Å². The highest BCUT2D eigenvalue weighted by Gasteiger charge is 2.11. The van der Waals surface area contributed by atoms with E-state index in [1.165, 1.54) is 0 Å². The first-order chi connectivity index (χ1) is 4.76. The van der Waals surface area contributed by atoms with Crippen LogP contribution in [0.3, 0.4) is 0 Å². The van der Waals surface area contributed by atoms with Gasteiger partial charge in [-0.1, -0.05) is 20.8 Å². The van der Waals surface area contributed by atoms with Gasteiger partial charge >= 0.3 is 0 Å². The van der Waals surface area contributed by atoms with Gasteiger partial charge in [0.2, 0.25) is 0 Å². The number of hydrogen-bond acceptors (Lipinski definition) is 2. The number of Topliss-reactive ketones (excluding diaryl/α,β-unsaturated/α-hetero) is 1. The maximum atomic E-state index is 11.1. The molecule has 0 aromatic heterocycles. The quantitative estimate of drug-likeness (QED) is 0.629.